The fourth-order valence-electron chi connectivity index (χ4n) is 2.09. The summed E-state index contributed by atoms with van der Waals surface area (Å²) in [5.41, 5.74) is 0. The molecule has 140 valence electrons. The Kier molecular flexibility index (Phi) is 8.30. The maximum Gasteiger partial charge on any atom is 0.311 e. The van der Waals surface area contributed by atoms with E-state index in [0.29, 0.717) is 19.3 Å². The number of hydrogen-bond acceptors (Lipinski definition) is 3. The summed E-state index contributed by atoms with van der Waals surface area (Å²) in [6.07, 6.45) is 3.50. The number of esters is 1. The van der Waals surface area contributed by atoms with E-state index in [-0.39, 0.29) is 12.8 Å². The van der Waals surface area contributed by atoms with Gasteiger partial charge < -0.3 is 9.84 Å². The van der Waals surface area contributed by atoms with Gasteiger partial charge in [0.25, 0.3) is 0 Å². The zero-order valence-corrected chi connectivity index (χ0v) is 13.2. The third-order valence-corrected chi connectivity index (χ3v) is 3.41. The highest BCUT2D eigenvalue weighted by Gasteiger charge is 2.28. The van der Waals surface area contributed by atoms with Crippen LogP contribution in [0.15, 0.2) is 0 Å². The van der Waals surface area contributed by atoms with E-state index in [2.05, 4.69) is 4.74 Å². The van der Waals surface area contributed by atoms with Gasteiger partial charge in [0.2, 0.25) is 34.8 Å². The SMILES string of the molecule is O=C(O)CCCCCCCCC(=O)Oc1c(F)c(F)c(F)c(F)c1F. The van der Waals surface area contributed by atoms with Gasteiger partial charge >= 0.3 is 11.9 Å². The van der Waals surface area contributed by atoms with E-state index in [1.54, 1.807) is 0 Å². The second-order valence-electron chi connectivity index (χ2n) is 5.39. The molecule has 0 bridgehead atoms. The Balaban J connectivity index is 2.37. The van der Waals surface area contributed by atoms with Gasteiger partial charge in [-0.3, -0.25) is 9.59 Å². The van der Waals surface area contributed by atoms with Crippen molar-refractivity contribution in [1.29, 1.82) is 0 Å². The number of halogens is 5. The van der Waals surface area contributed by atoms with Crippen LogP contribution in [-0.4, -0.2) is 17.0 Å². The van der Waals surface area contributed by atoms with Crippen molar-refractivity contribution in [2.45, 2.75) is 51.4 Å². The summed E-state index contributed by atoms with van der Waals surface area (Å²) in [6.45, 7) is 0. The summed E-state index contributed by atoms with van der Waals surface area (Å²) in [5, 5.41) is 8.45. The average molecular weight is 368 g/mol. The van der Waals surface area contributed by atoms with Gasteiger partial charge in [-0.1, -0.05) is 25.7 Å². The van der Waals surface area contributed by atoms with Gasteiger partial charge in [-0.2, -0.15) is 8.78 Å². The summed E-state index contributed by atoms with van der Waals surface area (Å²) in [6, 6.07) is 0. The van der Waals surface area contributed by atoms with Crippen LogP contribution in [0.4, 0.5) is 22.0 Å². The lowest BCUT2D eigenvalue weighted by molar-refractivity contribution is -0.137. The summed E-state index contributed by atoms with van der Waals surface area (Å²) >= 11 is 0. The Morgan fingerprint density at radius 1 is 0.680 bits per heavy atom. The molecule has 0 aromatic heterocycles. The molecule has 0 atom stereocenters. The average Bonchev–Trinajstić information content (AvgIpc) is 2.57. The highest BCUT2D eigenvalue weighted by Crippen LogP contribution is 2.29. The number of ether oxygens (including phenoxy) is 1. The van der Waals surface area contributed by atoms with Crippen molar-refractivity contribution >= 4 is 11.9 Å². The maximum atomic E-state index is 13.3. The molecule has 0 unspecified atom stereocenters. The molecule has 1 N–H and O–H groups in total. The molecule has 25 heavy (non-hydrogen) atoms. The van der Waals surface area contributed by atoms with Crippen LogP contribution in [0, 0.1) is 29.1 Å². The predicted octanol–water partition coefficient (Wildman–Crippen LogP) is 4.49. The lowest BCUT2D eigenvalue weighted by Crippen LogP contribution is -2.13. The molecule has 0 radical (unpaired) electrons. The number of carboxylic acid groups (broad SMARTS) is 1. The molecule has 4 nitrogen and oxygen atoms in total. The first-order valence-corrected chi connectivity index (χ1v) is 7.69. The molecule has 0 heterocycles. The number of carboxylic acids is 1. The molecule has 0 amide bonds. The lowest BCUT2D eigenvalue weighted by atomic mass is 10.1. The van der Waals surface area contributed by atoms with E-state index in [1.807, 2.05) is 0 Å². The Labute approximate surface area is 140 Å². The number of aliphatic carboxylic acids is 1. The van der Waals surface area contributed by atoms with Crippen molar-refractivity contribution in [3.8, 4) is 5.75 Å². The lowest BCUT2D eigenvalue weighted by Gasteiger charge is -2.08. The Bertz CT molecular complexity index is 604. The van der Waals surface area contributed by atoms with Crippen LogP contribution < -0.4 is 4.74 Å². The Morgan fingerprint density at radius 3 is 1.56 bits per heavy atom. The number of carbonyl (C=O) groups is 2. The minimum absolute atomic E-state index is 0.0915. The summed E-state index contributed by atoms with van der Waals surface area (Å²) in [4.78, 5) is 21.8. The molecule has 1 rings (SSSR count). The van der Waals surface area contributed by atoms with Gasteiger partial charge in [0.15, 0.2) is 0 Å². The van der Waals surface area contributed by atoms with Gasteiger partial charge in [-0.15, -0.1) is 0 Å². The zero-order chi connectivity index (χ0) is 19.0. The van der Waals surface area contributed by atoms with Gasteiger partial charge in [0.05, 0.1) is 0 Å². The molecule has 0 aliphatic heterocycles. The smallest absolute Gasteiger partial charge is 0.311 e. The third kappa shape index (κ3) is 6.32. The van der Waals surface area contributed by atoms with E-state index in [0.717, 1.165) is 19.3 Å². The zero-order valence-electron chi connectivity index (χ0n) is 13.2. The molecule has 0 saturated carbocycles. The van der Waals surface area contributed by atoms with Crippen LogP contribution in [0.1, 0.15) is 51.4 Å². The first-order valence-electron chi connectivity index (χ1n) is 7.69. The van der Waals surface area contributed by atoms with E-state index >= 15 is 0 Å². The van der Waals surface area contributed by atoms with E-state index in [9.17, 15) is 31.5 Å². The number of carbonyl (C=O) groups excluding carboxylic acids is 1. The van der Waals surface area contributed by atoms with Crippen molar-refractivity contribution in [1.82, 2.24) is 0 Å². The quantitative estimate of drug-likeness (QED) is 0.165. The predicted molar refractivity (Wildman–Crippen MR) is 76.4 cm³/mol. The Morgan fingerprint density at radius 2 is 1.08 bits per heavy atom. The van der Waals surface area contributed by atoms with Crippen molar-refractivity contribution < 1.29 is 41.4 Å². The van der Waals surface area contributed by atoms with Crippen LogP contribution in [0.3, 0.4) is 0 Å². The molecular formula is C16H17F5O4. The minimum atomic E-state index is -2.32. The summed E-state index contributed by atoms with van der Waals surface area (Å²) in [5.74, 6) is -14.6. The fraction of sp³-hybridized carbons (Fsp3) is 0.500. The van der Waals surface area contributed by atoms with E-state index in [1.165, 1.54) is 0 Å². The monoisotopic (exact) mass is 368 g/mol. The number of unbranched alkanes of at least 4 members (excludes halogenated alkanes) is 5. The van der Waals surface area contributed by atoms with Crippen LogP contribution in [0.25, 0.3) is 0 Å². The highest BCUT2D eigenvalue weighted by atomic mass is 19.2. The number of benzene rings is 1. The van der Waals surface area contributed by atoms with Crippen LogP contribution in [0.2, 0.25) is 0 Å². The molecule has 0 aliphatic rings. The van der Waals surface area contributed by atoms with Gasteiger partial charge in [-0.25, -0.2) is 13.2 Å². The molecule has 9 heteroatoms. The van der Waals surface area contributed by atoms with Crippen LogP contribution in [0.5, 0.6) is 5.75 Å². The second-order valence-corrected chi connectivity index (χ2v) is 5.39. The number of rotatable bonds is 10. The standard InChI is InChI=1S/C16H17F5O4/c17-11-12(18)14(20)16(15(21)13(11)19)25-10(24)8-6-4-2-1-3-5-7-9(22)23/h1-8H2,(H,22,23). The molecular weight excluding hydrogens is 351 g/mol. The van der Waals surface area contributed by atoms with Crippen LogP contribution in [-0.2, 0) is 9.59 Å². The van der Waals surface area contributed by atoms with E-state index < -0.39 is 46.8 Å². The van der Waals surface area contributed by atoms with Gasteiger partial charge in [0.1, 0.15) is 0 Å². The molecule has 0 saturated heterocycles. The van der Waals surface area contributed by atoms with Crippen LogP contribution >= 0.6 is 0 Å². The molecule has 0 aliphatic carbocycles. The second kappa shape index (κ2) is 9.95. The summed E-state index contributed by atoms with van der Waals surface area (Å²) in [7, 11) is 0. The van der Waals surface area contributed by atoms with Crippen molar-refractivity contribution in [3.05, 3.63) is 29.1 Å². The molecule has 0 fully saturated rings. The Hall–Kier alpha value is -2.19. The van der Waals surface area contributed by atoms with Gasteiger partial charge in [0, 0.05) is 12.8 Å². The normalized spacial score (nSPS) is 10.8. The third-order valence-electron chi connectivity index (χ3n) is 3.41. The van der Waals surface area contributed by atoms with Crippen molar-refractivity contribution in [2.75, 3.05) is 0 Å². The van der Waals surface area contributed by atoms with Gasteiger partial charge in [-0.05, 0) is 12.8 Å². The topological polar surface area (TPSA) is 63.6 Å². The minimum Gasteiger partial charge on any atom is -0.481 e. The first kappa shape index (κ1) is 20.9. The summed E-state index contributed by atoms with van der Waals surface area (Å²) < 4.78 is 69.7. The van der Waals surface area contributed by atoms with Crippen molar-refractivity contribution in [3.63, 3.8) is 0 Å². The van der Waals surface area contributed by atoms with Crippen molar-refractivity contribution in [2.24, 2.45) is 0 Å². The molecule has 0 spiro atoms. The largest absolute Gasteiger partial charge is 0.481 e. The maximum absolute atomic E-state index is 13.3. The molecule has 1 aromatic rings. The number of hydrogen-bond donors (Lipinski definition) is 1. The first-order chi connectivity index (χ1) is 11.8. The fourth-order valence-corrected chi connectivity index (χ4v) is 2.09. The van der Waals surface area contributed by atoms with E-state index in [4.69, 9.17) is 5.11 Å². The molecule has 1 aromatic carbocycles. The highest BCUT2D eigenvalue weighted by molar-refractivity contribution is 5.72.